The first-order valence-electron chi connectivity index (χ1n) is 9.51. The van der Waals surface area contributed by atoms with Crippen LogP contribution in [0, 0.1) is 0 Å². The summed E-state index contributed by atoms with van der Waals surface area (Å²) in [6.07, 6.45) is 0.719. The molecule has 0 saturated carbocycles. The molecule has 2 aromatic rings. The van der Waals surface area contributed by atoms with E-state index in [1.165, 1.54) is 0 Å². The molecule has 4 rings (SSSR count). The summed E-state index contributed by atoms with van der Waals surface area (Å²) in [5.74, 6) is 1.22. The second-order valence-electron chi connectivity index (χ2n) is 6.83. The number of aromatic nitrogens is 2. The third-order valence-electron chi connectivity index (χ3n) is 5.05. The number of hydrogen-bond donors (Lipinski definition) is 0. The molecule has 2 saturated heterocycles. The van der Waals surface area contributed by atoms with Crippen LogP contribution >= 0.6 is 0 Å². The molecule has 8 nitrogen and oxygen atoms in total. The van der Waals surface area contributed by atoms with Gasteiger partial charge in [0.05, 0.1) is 13.2 Å². The second-order valence-corrected chi connectivity index (χ2v) is 6.83. The summed E-state index contributed by atoms with van der Waals surface area (Å²) in [6, 6.07) is 9.93. The van der Waals surface area contributed by atoms with Gasteiger partial charge in [-0.25, -0.2) is 4.79 Å². The van der Waals surface area contributed by atoms with E-state index in [4.69, 9.17) is 9.15 Å². The molecule has 0 spiro atoms. The van der Waals surface area contributed by atoms with Gasteiger partial charge < -0.3 is 19.0 Å². The number of benzene rings is 1. The van der Waals surface area contributed by atoms with Crippen LogP contribution in [0.25, 0.3) is 11.5 Å². The van der Waals surface area contributed by atoms with Crippen LogP contribution in [-0.4, -0.2) is 90.0 Å². The predicted octanol–water partition coefficient (Wildman–Crippen LogP) is 1.35. The van der Waals surface area contributed by atoms with Crippen molar-refractivity contribution in [2.45, 2.75) is 6.42 Å². The van der Waals surface area contributed by atoms with Crippen LogP contribution in [0.15, 0.2) is 34.7 Å². The monoisotopic (exact) mass is 371 g/mol. The maximum Gasteiger partial charge on any atom is 0.320 e. The molecule has 2 aliphatic heterocycles. The van der Waals surface area contributed by atoms with Crippen molar-refractivity contribution in [3.8, 4) is 11.5 Å². The zero-order valence-electron chi connectivity index (χ0n) is 15.4. The Morgan fingerprint density at radius 2 is 1.63 bits per heavy atom. The number of amides is 2. The van der Waals surface area contributed by atoms with Crippen LogP contribution in [0.5, 0.6) is 0 Å². The van der Waals surface area contributed by atoms with Gasteiger partial charge in [-0.15, -0.1) is 10.2 Å². The number of ether oxygens (including phenoxy) is 1. The summed E-state index contributed by atoms with van der Waals surface area (Å²) in [7, 11) is 0. The highest BCUT2D eigenvalue weighted by atomic mass is 16.5. The number of nitrogens with zero attached hydrogens (tertiary/aromatic N) is 5. The lowest BCUT2D eigenvalue weighted by Crippen LogP contribution is -2.54. The molecule has 2 fully saturated rings. The van der Waals surface area contributed by atoms with E-state index >= 15 is 0 Å². The Kier molecular flexibility index (Phi) is 5.64. The molecule has 2 amide bonds. The standard InChI is InChI=1S/C19H25N5O3/c25-19(24-12-14-26-15-13-24)23-10-8-22(9-11-23)7-6-17-20-21-18(27-17)16-4-2-1-3-5-16/h1-5H,6-15H2. The molecule has 3 heterocycles. The van der Waals surface area contributed by atoms with Crippen molar-refractivity contribution in [2.75, 3.05) is 59.0 Å². The fraction of sp³-hybridized carbons (Fsp3) is 0.526. The highest BCUT2D eigenvalue weighted by Gasteiger charge is 2.26. The Balaban J connectivity index is 1.23. The lowest BCUT2D eigenvalue weighted by atomic mass is 10.2. The molecule has 0 atom stereocenters. The summed E-state index contributed by atoms with van der Waals surface area (Å²) >= 11 is 0. The Morgan fingerprint density at radius 3 is 2.37 bits per heavy atom. The second kappa shape index (κ2) is 8.49. The van der Waals surface area contributed by atoms with Crippen molar-refractivity contribution >= 4 is 6.03 Å². The van der Waals surface area contributed by atoms with Crippen molar-refractivity contribution in [1.82, 2.24) is 24.9 Å². The van der Waals surface area contributed by atoms with Crippen LogP contribution in [0.3, 0.4) is 0 Å². The minimum Gasteiger partial charge on any atom is -0.421 e. The maximum atomic E-state index is 12.5. The first kappa shape index (κ1) is 17.9. The quantitative estimate of drug-likeness (QED) is 0.808. The number of piperazine rings is 1. The van der Waals surface area contributed by atoms with Crippen LogP contribution < -0.4 is 0 Å². The molecular weight excluding hydrogens is 346 g/mol. The number of carbonyl (C=O) groups excluding carboxylic acids is 1. The number of hydrogen-bond acceptors (Lipinski definition) is 6. The van der Waals surface area contributed by atoms with Gasteiger partial charge in [-0.05, 0) is 12.1 Å². The summed E-state index contributed by atoms with van der Waals surface area (Å²) in [4.78, 5) is 18.7. The van der Waals surface area contributed by atoms with Crippen LogP contribution in [0.2, 0.25) is 0 Å². The Hall–Kier alpha value is -2.45. The minimum atomic E-state index is 0.141. The van der Waals surface area contributed by atoms with Crippen molar-refractivity contribution < 1.29 is 13.9 Å². The van der Waals surface area contributed by atoms with E-state index in [2.05, 4.69) is 15.1 Å². The molecule has 0 bridgehead atoms. The fourth-order valence-electron chi connectivity index (χ4n) is 3.42. The Labute approximate surface area is 158 Å². The number of rotatable bonds is 4. The SMILES string of the molecule is O=C(N1CCOCC1)N1CCN(CCc2nnc(-c3ccccc3)o2)CC1. The molecule has 0 radical (unpaired) electrons. The van der Waals surface area contributed by atoms with Crippen molar-refractivity contribution in [3.05, 3.63) is 36.2 Å². The average Bonchev–Trinajstić information content (AvgIpc) is 3.22. The molecule has 2 aliphatic rings. The fourth-order valence-corrected chi connectivity index (χ4v) is 3.42. The molecule has 8 heteroatoms. The topological polar surface area (TPSA) is 74.9 Å². The lowest BCUT2D eigenvalue weighted by molar-refractivity contribution is 0.0377. The Bertz CT molecular complexity index is 737. The first-order chi connectivity index (χ1) is 13.3. The molecule has 1 aromatic heterocycles. The van der Waals surface area contributed by atoms with Gasteiger partial charge in [0.15, 0.2) is 0 Å². The van der Waals surface area contributed by atoms with Gasteiger partial charge in [0.25, 0.3) is 0 Å². The van der Waals surface area contributed by atoms with Crippen LogP contribution in [-0.2, 0) is 11.2 Å². The smallest absolute Gasteiger partial charge is 0.320 e. The lowest BCUT2D eigenvalue weighted by Gasteiger charge is -2.38. The van der Waals surface area contributed by atoms with E-state index in [-0.39, 0.29) is 6.03 Å². The van der Waals surface area contributed by atoms with Gasteiger partial charge in [0.1, 0.15) is 0 Å². The maximum absolute atomic E-state index is 12.5. The van der Waals surface area contributed by atoms with Crippen molar-refractivity contribution in [2.24, 2.45) is 0 Å². The summed E-state index contributed by atoms with van der Waals surface area (Å²) < 4.78 is 11.1. The van der Waals surface area contributed by atoms with Gasteiger partial charge in [-0.1, -0.05) is 18.2 Å². The highest BCUT2D eigenvalue weighted by Crippen LogP contribution is 2.17. The largest absolute Gasteiger partial charge is 0.421 e. The van der Waals surface area contributed by atoms with E-state index < -0.39 is 0 Å². The normalized spacial score (nSPS) is 18.7. The van der Waals surface area contributed by atoms with Gasteiger partial charge in [-0.3, -0.25) is 4.90 Å². The third-order valence-corrected chi connectivity index (χ3v) is 5.05. The zero-order chi connectivity index (χ0) is 18.5. The van der Waals surface area contributed by atoms with Gasteiger partial charge in [0.2, 0.25) is 11.8 Å². The van der Waals surface area contributed by atoms with E-state index in [1.54, 1.807) is 0 Å². The molecule has 0 aliphatic carbocycles. The molecule has 1 aromatic carbocycles. The minimum absolute atomic E-state index is 0.141. The third kappa shape index (κ3) is 4.45. The van der Waals surface area contributed by atoms with Crippen LogP contribution in [0.1, 0.15) is 5.89 Å². The number of carbonyl (C=O) groups is 1. The number of urea groups is 1. The van der Waals surface area contributed by atoms with Crippen LogP contribution in [0.4, 0.5) is 4.79 Å². The van der Waals surface area contributed by atoms with Gasteiger partial charge in [0, 0.05) is 57.8 Å². The molecule has 0 N–H and O–H groups in total. The van der Waals surface area contributed by atoms with E-state index in [0.717, 1.165) is 44.7 Å². The summed E-state index contributed by atoms with van der Waals surface area (Å²) in [5.41, 5.74) is 0.937. The van der Waals surface area contributed by atoms with Crippen molar-refractivity contribution in [1.29, 1.82) is 0 Å². The summed E-state index contributed by atoms with van der Waals surface area (Å²) in [5, 5.41) is 8.29. The first-order valence-corrected chi connectivity index (χ1v) is 9.51. The van der Waals surface area contributed by atoms with E-state index in [9.17, 15) is 4.79 Å². The number of morpholine rings is 1. The van der Waals surface area contributed by atoms with Gasteiger partial charge >= 0.3 is 6.03 Å². The average molecular weight is 371 g/mol. The molecule has 0 unspecified atom stereocenters. The zero-order valence-corrected chi connectivity index (χ0v) is 15.4. The Morgan fingerprint density at radius 1 is 0.926 bits per heavy atom. The van der Waals surface area contributed by atoms with Gasteiger partial charge in [-0.2, -0.15) is 0 Å². The summed E-state index contributed by atoms with van der Waals surface area (Å²) in [6.45, 7) is 6.79. The molecule has 144 valence electrons. The van der Waals surface area contributed by atoms with Crippen molar-refractivity contribution in [3.63, 3.8) is 0 Å². The molecular formula is C19H25N5O3. The predicted molar refractivity (Wildman–Crippen MR) is 99.2 cm³/mol. The highest BCUT2D eigenvalue weighted by molar-refractivity contribution is 5.74. The van der Waals surface area contributed by atoms with E-state index in [1.807, 2.05) is 40.1 Å². The molecule has 27 heavy (non-hydrogen) atoms. The van der Waals surface area contributed by atoms with E-state index in [0.29, 0.717) is 38.1 Å².